The van der Waals surface area contributed by atoms with E-state index in [2.05, 4.69) is 0 Å². The molecule has 170 valence electrons. The van der Waals surface area contributed by atoms with Gasteiger partial charge < -0.3 is 13.9 Å². The summed E-state index contributed by atoms with van der Waals surface area (Å²) in [5.74, 6) is 0.0918. The first-order valence-electron chi connectivity index (χ1n) is 10.3. The molecule has 0 amide bonds. The Bertz CT molecular complexity index is 1500. The molecule has 0 aliphatic rings. The lowest BCUT2D eigenvalue weighted by molar-refractivity contribution is -0.384. The van der Waals surface area contributed by atoms with Crippen LogP contribution in [0.2, 0.25) is 0 Å². The Hall–Kier alpha value is -4.72. The molecule has 0 aliphatic carbocycles. The van der Waals surface area contributed by atoms with Crippen molar-refractivity contribution in [3.05, 3.63) is 110 Å². The zero-order valence-corrected chi connectivity index (χ0v) is 18.3. The first-order chi connectivity index (χ1) is 16.3. The fourth-order valence-corrected chi connectivity index (χ4v) is 3.22. The molecule has 0 unspecified atom stereocenters. The molecular formula is C26H19NO7. The van der Waals surface area contributed by atoms with Gasteiger partial charge in [-0.15, -0.1) is 0 Å². The number of aryl methyl sites for hydroxylation is 2. The number of nitro benzene ring substituents is 1. The summed E-state index contributed by atoms with van der Waals surface area (Å²) in [6.07, 6.45) is 3.79. The minimum absolute atomic E-state index is 0.0471. The molecule has 0 saturated carbocycles. The maximum atomic E-state index is 12.8. The molecule has 1 aromatic heterocycles. The smallest absolute Gasteiger partial charge is 0.336 e. The summed E-state index contributed by atoms with van der Waals surface area (Å²) in [4.78, 5) is 35.4. The van der Waals surface area contributed by atoms with E-state index >= 15 is 0 Å². The van der Waals surface area contributed by atoms with E-state index in [1.54, 1.807) is 6.07 Å². The number of rotatable bonds is 6. The molecule has 1 heterocycles. The minimum Gasteiger partial charge on any atom is -0.460 e. The Morgan fingerprint density at radius 2 is 1.85 bits per heavy atom. The number of benzene rings is 3. The summed E-state index contributed by atoms with van der Waals surface area (Å²) in [7, 11) is 0. The molecule has 0 saturated heterocycles. The second-order valence-electron chi connectivity index (χ2n) is 7.56. The van der Waals surface area contributed by atoms with Crippen LogP contribution in [0.5, 0.6) is 17.2 Å². The number of nitro groups is 1. The Kier molecular flexibility index (Phi) is 6.22. The number of hydrogen-bond acceptors (Lipinski definition) is 7. The van der Waals surface area contributed by atoms with Gasteiger partial charge in [-0.3, -0.25) is 14.9 Å². The van der Waals surface area contributed by atoms with Crippen LogP contribution in [0.15, 0.2) is 82.2 Å². The lowest BCUT2D eigenvalue weighted by Crippen LogP contribution is -2.07. The molecule has 0 atom stereocenters. The molecule has 8 nitrogen and oxygen atoms in total. The van der Waals surface area contributed by atoms with Gasteiger partial charge in [-0.05, 0) is 54.8 Å². The maximum absolute atomic E-state index is 12.8. The second-order valence-corrected chi connectivity index (χ2v) is 7.56. The van der Waals surface area contributed by atoms with Crippen LogP contribution in [-0.2, 0) is 4.79 Å². The number of carbonyl (C=O) groups excluding carboxylic acids is 1. The van der Waals surface area contributed by atoms with Crippen LogP contribution < -0.4 is 14.9 Å². The molecule has 0 fully saturated rings. The van der Waals surface area contributed by atoms with E-state index in [1.807, 2.05) is 32.0 Å². The largest absolute Gasteiger partial charge is 0.460 e. The molecule has 34 heavy (non-hydrogen) atoms. The third-order valence-corrected chi connectivity index (χ3v) is 4.99. The first-order valence-corrected chi connectivity index (χ1v) is 10.3. The average molecular weight is 457 g/mol. The second kappa shape index (κ2) is 9.41. The highest BCUT2D eigenvalue weighted by Crippen LogP contribution is 2.27. The van der Waals surface area contributed by atoms with E-state index in [1.165, 1.54) is 48.7 Å². The number of esters is 1. The lowest BCUT2D eigenvalue weighted by Gasteiger charge is -2.09. The number of hydrogen-bond donors (Lipinski definition) is 0. The summed E-state index contributed by atoms with van der Waals surface area (Å²) in [5.41, 5.74) is 2.15. The fourth-order valence-electron chi connectivity index (χ4n) is 3.22. The summed E-state index contributed by atoms with van der Waals surface area (Å²) in [5, 5.41) is 11.1. The highest BCUT2D eigenvalue weighted by Gasteiger charge is 2.12. The third kappa shape index (κ3) is 5.02. The standard InChI is InChI=1S/C26H19NO7/c1-16-6-7-17(2)22(12-16)34-24-15-32-23-14-20(9-10-21(23)26(24)29)33-25(28)11-8-18-4-3-5-19(13-18)27(30)31/h3-15H,1-2H3/b11-8+. The van der Waals surface area contributed by atoms with Gasteiger partial charge >= 0.3 is 5.97 Å². The molecule has 0 spiro atoms. The molecule has 0 N–H and O–H groups in total. The van der Waals surface area contributed by atoms with Crippen LogP contribution in [0.1, 0.15) is 16.7 Å². The van der Waals surface area contributed by atoms with Gasteiger partial charge in [0, 0.05) is 24.3 Å². The van der Waals surface area contributed by atoms with Crippen molar-refractivity contribution < 1.29 is 23.6 Å². The molecule has 8 heteroatoms. The van der Waals surface area contributed by atoms with Crippen molar-refractivity contribution in [2.45, 2.75) is 13.8 Å². The van der Waals surface area contributed by atoms with Gasteiger partial charge in [-0.25, -0.2) is 4.79 Å². The highest BCUT2D eigenvalue weighted by atomic mass is 16.6. The minimum atomic E-state index is -0.692. The van der Waals surface area contributed by atoms with E-state index in [-0.39, 0.29) is 33.6 Å². The number of ether oxygens (including phenoxy) is 2. The summed E-state index contributed by atoms with van der Waals surface area (Å²) >= 11 is 0. The first kappa shape index (κ1) is 22.5. The molecule has 0 radical (unpaired) electrons. The lowest BCUT2D eigenvalue weighted by atomic mass is 10.1. The van der Waals surface area contributed by atoms with Crippen molar-refractivity contribution in [2.75, 3.05) is 0 Å². The molecule has 0 bridgehead atoms. The van der Waals surface area contributed by atoms with Crippen molar-refractivity contribution >= 4 is 28.7 Å². The van der Waals surface area contributed by atoms with E-state index < -0.39 is 10.9 Å². The predicted molar refractivity (Wildman–Crippen MR) is 126 cm³/mol. The Morgan fingerprint density at radius 3 is 2.65 bits per heavy atom. The zero-order chi connectivity index (χ0) is 24.2. The third-order valence-electron chi connectivity index (χ3n) is 4.99. The van der Waals surface area contributed by atoms with Crippen LogP contribution >= 0.6 is 0 Å². The Balaban J connectivity index is 1.51. The summed E-state index contributed by atoms with van der Waals surface area (Å²) in [6, 6.07) is 15.9. The van der Waals surface area contributed by atoms with E-state index in [0.29, 0.717) is 11.3 Å². The summed E-state index contributed by atoms with van der Waals surface area (Å²) < 4.78 is 16.6. The zero-order valence-electron chi connectivity index (χ0n) is 18.3. The van der Waals surface area contributed by atoms with Crippen molar-refractivity contribution in [1.82, 2.24) is 0 Å². The average Bonchev–Trinajstić information content (AvgIpc) is 2.82. The van der Waals surface area contributed by atoms with Crippen molar-refractivity contribution in [3.8, 4) is 17.2 Å². The van der Waals surface area contributed by atoms with Gasteiger partial charge in [0.1, 0.15) is 23.3 Å². The molecule has 3 aromatic carbocycles. The predicted octanol–water partition coefficient (Wildman–Crippen LogP) is 5.73. The van der Waals surface area contributed by atoms with Gasteiger partial charge in [-0.1, -0.05) is 24.3 Å². The van der Waals surface area contributed by atoms with E-state index in [9.17, 15) is 19.7 Å². The number of fused-ring (bicyclic) bond motifs is 1. The normalized spacial score (nSPS) is 11.0. The van der Waals surface area contributed by atoms with Crippen LogP contribution in [0, 0.1) is 24.0 Å². The van der Waals surface area contributed by atoms with Gasteiger partial charge in [0.25, 0.3) is 5.69 Å². The Morgan fingerprint density at radius 1 is 1.03 bits per heavy atom. The van der Waals surface area contributed by atoms with E-state index in [4.69, 9.17) is 13.9 Å². The topological polar surface area (TPSA) is 109 Å². The van der Waals surface area contributed by atoms with Crippen molar-refractivity contribution in [3.63, 3.8) is 0 Å². The van der Waals surface area contributed by atoms with Gasteiger partial charge in [0.05, 0.1) is 10.3 Å². The SMILES string of the molecule is Cc1ccc(C)c(Oc2coc3cc(OC(=O)/C=C/c4cccc([N+](=O)[O-])c4)ccc3c2=O)c1. The van der Waals surface area contributed by atoms with Crippen LogP contribution in [0.4, 0.5) is 5.69 Å². The van der Waals surface area contributed by atoms with Crippen LogP contribution in [-0.4, -0.2) is 10.9 Å². The van der Waals surface area contributed by atoms with Gasteiger partial charge in [-0.2, -0.15) is 0 Å². The molecule has 4 aromatic rings. The molecule has 4 rings (SSSR count). The van der Waals surface area contributed by atoms with Gasteiger partial charge in [0.15, 0.2) is 0 Å². The number of nitrogens with zero attached hydrogens (tertiary/aromatic N) is 1. The quantitative estimate of drug-likeness (QED) is 0.120. The van der Waals surface area contributed by atoms with Crippen molar-refractivity contribution in [2.24, 2.45) is 0 Å². The fraction of sp³-hybridized carbons (Fsp3) is 0.0769. The van der Waals surface area contributed by atoms with Crippen LogP contribution in [0.25, 0.3) is 17.0 Å². The van der Waals surface area contributed by atoms with Gasteiger partial charge in [0.2, 0.25) is 11.2 Å². The monoisotopic (exact) mass is 457 g/mol. The number of carbonyl (C=O) groups is 1. The van der Waals surface area contributed by atoms with Crippen molar-refractivity contribution in [1.29, 1.82) is 0 Å². The molecule has 0 aliphatic heterocycles. The summed E-state index contributed by atoms with van der Waals surface area (Å²) in [6.45, 7) is 3.81. The Labute approximate surface area is 193 Å². The molecular weight excluding hydrogens is 438 g/mol. The van der Waals surface area contributed by atoms with E-state index in [0.717, 1.165) is 17.2 Å². The highest BCUT2D eigenvalue weighted by molar-refractivity contribution is 5.89. The maximum Gasteiger partial charge on any atom is 0.336 e. The van der Waals surface area contributed by atoms with Crippen LogP contribution in [0.3, 0.4) is 0 Å². The number of non-ortho nitro benzene ring substituents is 1.